The topological polar surface area (TPSA) is 95.5 Å². The first kappa shape index (κ1) is 11.8. The van der Waals surface area contributed by atoms with Crippen LogP contribution in [0.25, 0.3) is 0 Å². The molecule has 7 heteroatoms. The van der Waals surface area contributed by atoms with Gasteiger partial charge in [0.1, 0.15) is 0 Å². The highest BCUT2D eigenvalue weighted by molar-refractivity contribution is 4.59. The molecule has 7 nitrogen and oxygen atoms in total. The van der Waals surface area contributed by atoms with Crippen molar-refractivity contribution in [3.8, 4) is 0 Å². The van der Waals surface area contributed by atoms with Gasteiger partial charge in [0.25, 0.3) is 0 Å². The first-order valence-electron chi connectivity index (χ1n) is 3.84. The van der Waals surface area contributed by atoms with Gasteiger partial charge < -0.3 is 4.74 Å². The molecule has 0 saturated carbocycles. The van der Waals surface area contributed by atoms with Crippen LogP contribution in [0.2, 0.25) is 0 Å². The van der Waals surface area contributed by atoms with Gasteiger partial charge in [-0.1, -0.05) is 13.3 Å². The van der Waals surface area contributed by atoms with Gasteiger partial charge in [0.15, 0.2) is 6.10 Å². The number of ether oxygens (including phenoxy) is 1. The van der Waals surface area contributed by atoms with E-state index >= 15 is 0 Å². The largest absolute Gasteiger partial charge is 0.475 e. The Morgan fingerprint density at radius 2 is 1.77 bits per heavy atom. The Kier molecular flexibility index (Phi) is 4.90. The van der Waals surface area contributed by atoms with Gasteiger partial charge in [-0.2, -0.15) is 0 Å². The fraction of sp³-hybridized carbons (Fsp3) is 1.00. The van der Waals surface area contributed by atoms with Crippen LogP contribution in [0.5, 0.6) is 0 Å². The Morgan fingerprint density at radius 3 is 2.00 bits per heavy atom. The van der Waals surface area contributed by atoms with E-state index in [0.29, 0.717) is 12.8 Å². The third-order valence-corrected chi connectivity index (χ3v) is 1.64. The monoisotopic (exact) mass is 192 g/mol. The molecule has 0 aromatic carbocycles. The lowest BCUT2D eigenvalue weighted by Crippen LogP contribution is -2.41. The van der Waals surface area contributed by atoms with E-state index in [1.807, 2.05) is 0 Å². The lowest BCUT2D eigenvalue weighted by Gasteiger charge is -2.12. The maximum atomic E-state index is 10.3. The third-order valence-electron chi connectivity index (χ3n) is 1.64. The summed E-state index contributed by atoms with van der Waals surface area (Å²) in [6.45, 7) is 1.78. The van der Waals surface area contributed by atoms with Crippen molar-refractivity contribution in [2.24, 2.45) is 0 Å². The van der Waals surface area contributed by atoms with Crippen LogP contribution in [0, 0.1) is 20.2 Å². The predicted molar refractivity (Wildman–Crippen MR) is 43.5 cm³/mol. The predicted octanol–water partition coefficient (Wildman–Crippen LogP) is 0.681. The lowest BCUT2D eigenvalue weighted by molar-refractivity contribution is -0.752. The molecule has 1 atom stereocenters. The van der Waals surface area contributed by atoms with Crippen molar-refractivity contribution in [1.29, 1.82) is 0 Å². The second kappa shape index (κ2) is 5.41. The van der Waals surface area contributed by atoms with Gasteiger partial charge in [0.05, 0.1) is 9.85 Å². The number of rotatable bonds is 6. The molecular weight excluding hydrogens is 180 g/mol. The van der Waals surface area contributed by atoms with Crippen LogP contribution in [0.15, 0.2) is 0 Å². The molecule has 0 aliphatic rings. The van der Waals surface area contributed by atoms with Gasteiger partial charge >= 0.3 is 6.17 Å². The smallest absolute Gasteiger partial charge is 0.367 e. The number of nitro groups is 2. The van der Waals surface area contributed by atoms with Gasteiger partial charge in [-0.15, -0.1) is 0 Å². The number of hydrogen-bond acceptors (Lipinski definition) is 5. The van der Waals surface area contributed by atoms with E-state index in [-0.39, 0.29) is 0 Å². The summed E-state index contributed by atoms with van der Waals surface area (Å²) in [5.74, 6) is 0. The minimum atomic E-state index is -1.86. The van der Waals surface area contributed by atoms with Crippen LogP contribution in [0.1, 0.15) is 19.8 Å². The van der Waals surface area contributed by atoms with Gasteiger partial charge in [0.2, 0.25) is 0 Å². The fourth-order valence-electron chi connectivity index (χ4n) is 1.02. The highest BCUT2D eigenvalue weighted by Crippen LogP contribution is 2.09. The molecule has 0 aliphatic heterocycles. The Labute approximate surface area is 75.0 Å². The molecule has 0 amide bonds. The van der Waals surface area contributed by atoms with Crippen molar-refractivity contribution in [3.63, 3.8) is 0 Å². The first-order chi connectivity index (χ1) is 6.04. The van der Waals surface area contributed by atoms with E-state index in [1.54, 1.807) is 6.92 Å². The minimum absolute atomic E-state index is 0.309. The summed E-state index contributed by atoms with van der Waals surface area (Å²) in [7, 11) is 1.24. The van der Waals surface area contributed by atoms with Crippen LogP contribution < -0.4 is 0 Å². The fourth-order valence-corrected chi connectivity index (χ4v) is 1.02. The van der Waals surface area contributed by atoms with Gasteiger partial charge in [0, 0.05) is 7.11 Å². The summed E-state index contributed by atoms with van der Waals surface area (Å²) >= 11 is 0. The van der Waals surface area contributed by atoms with Gasteiger partial charge in [-0.25, -0.2) is 0 Å². The molecule has 0 saturated heterocycles. The van der Waals surface area contributed by atoms with E-state index in [0.717, 1.165) is 0 Å². The molecule has 0 aromatic heterocycles. The summed E-state index contributed by atoms with van der Waals surface area (Å²) in [6, 6.07) is 0. The van der Waals surface area contributed by atoms with E-state index < -0.39 is 22.1 Å². The summed E-state index contributed by atoms with van der Waals surface area (Å²) in [5, 5.41) is 20.6. The highest BCUT2D eigenvalue weighted by Gasteiger charge is 2.41. The molecule has 0 N–H and O–H groups in total. The summed E-state index contributed by atoms with van der Waals surface area (Å²) in [5.41, 5.74) is 0. The molecule has 0 aliphatic carbocycles. The second-order valence-electron chi connectivity index (χ2n) is 2.55. The van der Waals surface area contributed by atoms with E-state index in [9.17, 15) is 20.2 Å². The van der Waals surface area contributed by atoms with E-state index in [4.69, 9.17) is 4.74 Å². The SMILES string of the molecule is CCCC(OC)C([N+](=O)[O-])[N+](=O)[O-]. The van der Waals surface area contributed by atoms with Gasteiger partial charge in [-0.05, 0) is 6.42 Å². The molecular formula is C6H12N2O5. The van der Waals surface area contributed by atoms with Crippen LogP contribution in [-0.4, -0.2) is 29.2 Å². The average Bonchev–Trinajstić information content (AvgIpc) is 2.02. The maximum Gasteiger partial charge on any atom is 0.475 e. The first-order valence-corrected chi connectivity index (χ1v) is 3.84. The number of nitrogens with zero attached hydrogens (tertiary/aromatic N) is 2. The zero-order valence-electron chi connectivity index (χ0n) is 7.50. The van der Waals surface area contributed by atoms with Crippen molar-refractivity contribution >= 4 is 0 Å². The van der Waals surface area contributed by atoms with Crippen LogP contribution >= 0.6 is 0 Å². The zero-order valence-corrected chi connectivity index (χ0v) is 7.50. The average molecular weight is 192 g/mol. The molecule has 0 aromatic rings. The van der Waals surface area contributed by atoms with Crippen molar-refractivity contribution in [1.82, 2.24) is 0 Å². The van der Waals surface area contributed by atoms with Crippen molar-refractivity contribution in [2.45, 2.75) is 32.0 Å². The minimum Gasteiger partial charge on any atom is -0.367 e. The Morgan fingerprint density at radius 1 is 1.31 bits per heavy atom. The third kappa shape index (κ3) is 3.32. The van der Waals surface area contributed by atoms with Gasteiger partial charge in [-0.3, -0.25) is 20.2 Å². The molecule has 0 heterocycles. The lowest BCUT2D eigenvalue weighted by atomic mass is 10.2. The van der Waals surface area contributed by atoms with Crippen LogP contribution in [0.3, 0.4) is 0 Å². The maximum absolute atomic E-state index is 10.3. The molecule has 0 radical (unpaired) electrons. The normalized spacial score (nSPS) is 12.8. The Bertz CT molecular complexity index is 181. The highest BCUT2D eigenvalue weighted by atomic mass is 16.7. The quantitative estimate of drug-likeness (QED) is 0.350. The zero-order chi connectivity index (χ0) is 10.4. The van der Waals surface area contributed by atoms with Crippen LogP contribution in [-0.2, 0) is 4.74 Å². The van der Waals surface area contributed by atoms with Crippen molar-refractivity contribution in [3.05, 3.63) is 20.2 Å². The van der Waals surface area contributed by atoms with E-state index in [2.05, 4.69) is 0 Å². The molecule has 0 fully saturated rings. The number of hydrogen-bond donors (Lipinski definition) is 0. The standard InChI is InChI=1S/C6H12N2O5/c1-3-4-5(13-2)6(7(9)10)8(11)12/h5-6H,3-4H2,1-2H3. The molecule has 0 rings (SSSR count). The molecule has 76 valence electrons. The summed E-state index contributed by atoms with van der Waals surface area (Å²) < 4.78 is 4.69. The molecule has 13 heavy (non-hydrogen) atoms. The number of methoxy groups -OCH3 is 1. The molecule has 0 spiro atoms. The van der Waals surface area contributed by atoms with Crippen LogP contribution in [0.4, 0.5) is 0 Å². The van der Waals surface area contributed by atoms with E-state index in [1.165, 1.54) is 7.11 Å². The second-order valence-corrected chi connectivity index (χ2v) is 2.55. The summed E-state index contributed by atoms with van der Waals surface area (Å²) in [4.78, 5) is 18.7. The summed E-state index contributed by atoms with van der Waals surface area (Å²) in [6.07, 6.45) is -1.89. The molecule has 1 unspecified atom stereocenters. The Balaban J connectivity index is 4.48. The molecule has 0 bridgehead atoms. The van der Waals surface area contributed by atoms with Crippen molar-refractivity contribution < 1.29 is 14.6 Å². The van der Waals surface area contributed by atoms with Crippen molar-refractivity contribution in [2.75, 3.05) is 7.11 Å². The Hall–Kier alpha value is -1.24.